The molecule has 0 aromatic heterocycles. The topological polar surface area (TPSA) is 96.7 Å². The Hall–Kier alpha value is -2.26. The van der Waals surface area contributed by atoms with Gasteiger partial charge in [-0.15, -0.1) is 0 Å². The van der Waals surface area contributed by atoms with E-state index in [1.54, 1.807) is 24.0 Å². The summed E-state index contributed by atoms with van der Waals surface area (Å²) in [6.45, 7) is 2.62. The summed E-state index contributed by atoms with van der Waals surface area (Å²) >= 11 is 0. The van der Waals surface area contributed by atoms with Crippen LogP contribution in [0.25, 0.3) is 0 Å². The first-order valence-electron chi connectivity index (χ1n) is 8.31. The number of carbonyl (C=O) groups excluding carboxylic acids is 1. The lowest BCUT2D eigenvalue weighted by molar-refractivity contribution is -0.523. The Morgan fingerprint density at radius 1 is 1.28 bits per heavy atom. The van der Waals surface area contributed by atoms with Gasteiger partial charge in [-0.25, -0.2) is 15.2 Å². The number of halogens is 1. The minimum Gasteiger partial charge on any atom is -0.490 e. The van der Waals surface area contributed by atoms with Crippen LogP contribution < -0.4 is 15.6 Å². The fourth-order valence-electron chi connectivity index (χ4n) is 3.29. The van der Waals surface area contributed by atoms with Gasteiger partial charge in [0.05, 0.1) is 6.04 Å². The van der Waals surface area contributed by atoms with Crippen LogP contribution in [0.2, 0.25) is 0 Å². The van der Waals surface area contributed by atoms with E-state index >= 15 is 0 Å². The van der Waals surface area contributed by atoms with Crippen molar-refractivity contribution in [1.29, 1.82) is 0 Å². The third-order valence-corrected chi connectivity index (χ3v) is 4.70. The highest BCUT2D eigenvalue weighted by Crippen LogP contribution is 2.21. The van der Waals surface area contributed by atoms with Crippen molar-refractivity contribution in [2.24, 2.45) is 0 Å². The van der Waals surface area contributed by atoms with Gasteiger partial charge in [0.2, 0.25) is 5.91 Å². The molecule has 0 spiro atoms. The first kappa shape index (κ1) is 17.6. The van der Waals surface area contributed by atoms with Gasteiger partial charge >= 0.3 is 0 Å². The molecule has 2 aliphatic heterocycles. The Morgan fingerprint density at radius 2 is 1.92 bits per heavy atom. The number of hydrogen-bond donors (Lipinski definition) is 2. The second-order valence-electron chi connectivity index (χ2n) is 6.43. The number of nitro groups is 1. The van der Waals surface area contributed by atoms with Crippen molar-refractivity contribution in [2.45, 2.75) is 44.0 Å². The van der Waals surface area contributed by atoms with Crippen LogP contribution in [0.1, 0.15) is 19.8 Å². The molecule has 8 nitrogen and oxygen atoms in total. The van der Waals surface area contributed by atoms with Gasteiger partial charge in [-0.2, -0.15) is 0 Å². The largest absolute Gasteiger partial charge is 0.490 e. The molecule has 0 aliphatic carbocycles. The fraction of sp³-hybridized carbons (Fsp3) is 0.562. The smallest absolute Gasteiger partial charge is 0.254 e. The molecular formula is C16H21FN4O4. The average Bonchev–Trinajstić information content (AvgIpc) is 2.99. The highest BCUT2D eigenvalue weighted by molar-refractivity contribution is 5.83. The summed E-state index contributed by atoms with van der Waals surface area (Å²) < 4.78 is 18.7. The second kappa shape index (κ2) is 7.32. The van der Waals surface area contributed by atoms with Crippen LogP contribution in [0.15, 0.2) is 24.3 Å². The van der Waals surface area contributed by atoms with E-state index in [1.165, 1.54) is 12.1 Å². The van der Waals surface area contributed by atoms with E-state index in [4.69, 9.17) is 4.74 Å². The van der Waals surface area contributed by atoms with E-state index in [-0.39, 0.29) is 17.8 Å². The number of amides is 1. The Balaban J connectivity index is 1.54. The normalized spacial score (nSPS) is 27.3. The summed E-state index contributed by atoms with van der Waals surface area (Å²) in [5.74, 6) is 0.00821. The van der Waals surface area contributed by atoms with Crippen molar-refractivity contribution in [2.75, 3.05) is 13.1 Å². The van der Waals surface area contributed by atoms with Gasteiger partial charge in [-0.3, -0.25) is 14.9 Å². The van der Waals surface area contributed by atoms with E-state index in [9.17, 15) is 19.3 Å². The first-order valence-corrected chi connectivity index (χ1v) is 8.31. The molecule has 3 rings (SSSR count). The number of hydrazine groups is 1. The summed E-state index contributed by atoms with van der Waals surface area (Å²) in [4.78, 5) is 25.0. The summed E-state index contributed by atoms with van der Waals surface area (Å²) in [6, 6.07) is 3.56. The summed E-state index contributed by atoms with van der Waals surface area (Å²) in [6.07, 6.45) is 1.19. The zero-order valence-corrected chi connectivity index (χ0v) is 13.9. The van der Waals surface area contributed by atoms with Crippen LogP contribution in [-0.2, 0) is 4.79 Å². The number of ether oxygens (including phenoxy) is 1. The predicted molar refractivity (Wildman–Crippen MR) is 86.9 cm³/mol. The molecule has 1 amide bonds. The Labute approximate surface area is 144 Å². The number of nitrogens with zero attached hydrogens (tertiary/aromatic N) is 2. The molecule has 2 fully saturated rings. The number of benzene rings is 1. The van der Waals surface area contributed by atoms with Crippen LogP contribution in [-0.4, -0.2) is 53.0 Å². The van der Waals surface area contributed by atoms with Crippen LogP contribution in [0, 0.1) is 15.9 Å². The molecule has 0 saturated carbocycles. The molecule has 3 unspecified atom stereocenters. The number of hydrogen-bond acceptors (Lipinski definition) is 6. The zero-order chi connectivity index (χ0) is 18.0. The number of likely N-dealkylation sites (tertiary alicyclic amines) is 1. The number of carbonyl (C=O) groups is 1. The second-order valence-corrected chi connectivity index (χ2v) is 6.43. The van der Waals surface area contributed by atoms with Gasteiger partial charge in [0.25, 0.3) is 6.04 Å². The van der Waals surface area contributed by atoms with Crippen molar-refractivity contribution in [3.63, 3.8) is 0 Å². The average molecular weight is 352 g/mol. The van der Waals surface area contributed by atoms with Gasteiger partial charge < -0.3 is 9.64 Å². The minimum absolute atomic E-state index is 0.0607. The molecular weight excluding hydrogens is 331 g/mol. The summed E-state index contributed by atoms with van der Waals surface area (Å²) in [5.41, 5.74) is 5.51. The van der Waals surface area contributed by atoms with Gasteiger partial charge in [-0.05, 0) is 31.2 Å². The molecule has 25 heavy (non-hydrogen) atoms. The third kappa shape index (κ3) is 3.88. The molecule has 9 heteroatoms. The molecule has 3 atom stereocenters. The Bertz CT molecular complexity index is 634. The van der Waals surface area contributed by atoms with Crippen LogP contribution in [0.3, 0.4) is 0 Å². The van der Waals surface area contributed by atoms with E-state index in [0.29, 0.717) is 31.7 Å². The quantitative estimate of drug-likeness (QED) is 0.612. The van der Waals surface area contributed by atoms with Crippen LogP contribution in [0.4, 0.5) is 4.39 Å². The number of piperidine rings is 1. The third-order valence-electron chi connectivity index (χ3n) is 4.70. The van der Waals surface area contributed by atoms with E-state index < -0.39 is 23.0 Å². The van der Waals surface area contributed by atoms with Crippen molar-refractivity contribution in [3.8, 4) is 5.75 Å². The standard InChI is InChI=1S/C16H21FN4O4/c1-10-15(21(23)24)14(19-18-10)16(22)20-8-6-13(7-9-20)25-12-4-2-11(17)3-5-12/h2-5,10,13-15,18-19H,6-9H2,1H3. The summed E-state index contributed by atoms with van der Waals surface area (Å²) in [7, 11) is 0. The van der Waals surface area contributed by atoms with E-state index in [0.717, 1.165) is 0 Å². The van der Waals surface area contributed by atoms with Crippen molar-refractivity contribution < 1.29 is 18.8 Å². The molecule has 1 aromatic rings. The molecule has 0 bridgehead atoms. The SMILES string of the molecule is CC1NNC(C(=O)N2CCC(Oc3ccc(F)cc3)CC2)C1[N+](=O)[O-]. The highest BCUT2D eigenvalue weighted by Gasteiger charge is 2.48. The first-order chi connectivity index (χ1) is 12.0. The molecule has 1 aromatic carbocycles. The van der Waals surface area contributed by atoms with Gasteiger partial charge in [0, 0.05) is 30.9 Å². The van der Waals surface area contributed by atoms with Crippen molar-refractivity contribution in [1.82, 2.24) is 15.8 Å². The Kier molecular flexibility index (Phi) is 5.14. The fourth-order valence-corrected chi connectivity index (χ4v) is 3.29. The zero-order valence-electron chi connectivity index (χ0n) is 13.9. The van der Waals surface area contributed by atoms with Crippen LogP contribution >= 0.6 is 0 Å². The predicted octanol–water partition coefficient (Wildman–Crippen LogP) is 0.706. The maximum Gasteiger partial charge on any atom is 0.254 e. The Morgan fingerprint density at radius 3 is 2.52 bits per heavy atom. The number of rotatable bonds is 4. The lowest BCUT2D eigenvalue weighted by atomic mass is 10.0. The van der Waals surface area contributed by atoms with Crippen molar-refractivity contribution in [3.05, 3.63) is 40.2 Å². The van der Waals surface area contributed by atoms with E-state index in [2.05, 4.69) is 10.9 Å². The van der Waals surface area contributed by atoms with Crippen LogP contribution in [0.5, 0.6) is 5.75 Å². The monoisotopic (exact) mass is 352 g/mol. The molecule has 2 heterocycles. The summed E-state index contributed by atoms with van der Waals surface area (Å²) in [5, 5.41) is 11.2. The molecule has 2 saturated heterocycles. The molecule has 2 N–H and O–H groups in total. The van der Waals surface area contributed by atoms with Gasteiger partial charge in [0.1, 0.15) is 17.7 Å². The molecule has 2 aliphatic rings. The molecule has 0 radical (unpaired) electrons. The molecule has 136 valence electrons. The van der Waals surface area contributed by atoms with Crippen molar-refractivity contribution >= 4 is 5.91 Å². The maximum atomic E-state index is 12.9. The van der Waals surface area contributed by atoms with Gasteiger partial charge in [0.15, 0.2) is 6.04 Å². The van der Waals surface area contributed by atoms with E-state index in [1.807, 2.05) is 0 Å². The highest BCUT2D eigenvalue weighted by atomic mass is 19.1. The lowest BCUT2D eigenvalue weighted by Gasteiger charge is -2.33. The number of nitrogens with one attached hydrogen (secondary N) is 2. The maximum absolute atomic E-state index is 12.9. The van der Waals surface area contributed by atoms with Gasteiger partial charge in [-0.1, -0.05) is 0 Å². The lowest BCUT2D eigenvalue weighted by Crippen LogP contribution is -2.54. The minimum atomic E-state index is -0.985.